The van der Waals surface area contributed by atoms with Crippen molar-refractivity contribution in [3.05, 3.63) is 0 Å². The summed E-state index contributed by atoms with van der Waals surface area (Å²) in [6.45, 7) is 4.27. The van der Waals surface area contributed by atoms with E-state index in [9.17, 15) is 9.59 Å². The van der Waals surface area contributed by atoms with E-state index in [0.29, 0.717) is 18.9 Å². The highest BCUT2D eigenvalue weighted by Crippen LogP contribution is 2.13. The van der Waals surface area contributed by atoms with Crippen LogP contribution < -0.4 is 11.1 Å². The summed E-state index contributed by atoms with van der Waals surface area (Å²) < 4.78 is 0. The molecule has 0 spiro atoms. The van der Waals surface area contributed by atoms with Crippen LogP contribution in [0.4, 0.5) is 0 Å². The van der Waals surface area contributed by atoms with Crippen LogP contribution in [0.1, 0.15) is 26.7 Å². The van der Waals surface area contributed by atoms with Crippen molar-refractivity contribution < 1.29 is 14.7 Å². The molecule has 0 radical (unpaired) electrons. The maximum absolute atomic E-state index is 11.3. The predicted octanol–water partition coefficient (Wildman–Crippen LogP) is 0.198. The van der Waals surface area contributed by atoms with Gasteiger partial charge in [0.2, 0.25) is 5.91 Å². The van der Waals surface area contributed by atoms with Crippen molar-refractivity contribution in [1.29, 1.82) is 0 Å². The number of carbonyl (C=O) groups is 2. The molecule has 0 fully saturated rings. The lowest BCUT2D eigenvalue weighted by Gasteiger charge is -2.16. The van der Waals surface area contributed by atoms with Gasteiger partial charge in [-0.2, -0.15) is 0 Å². The van der Waals surface area contributed by atoms with E-state index < -0.39 is 5.97 Å². The highest BCUT2D eigenvalue weighted by molar-refractivity contribution is 5.81. The van der Waals surface area contributed by atoms with Crippen LogP contribution in [-0.4, -0.2) is 30.1 Å². The van der Waals surface area contributed by atoms with Crippen LogP contribution in [0, 0.1) is 11.8 Å². The highest BCUT2D eigenvalue weighted by atomic mass is 16.4. The zero-order valence-corrected chi connectivity index (χ0v) is 9.32. The Morgan fingerprint density at radius 3 is 2.40 bits per heavy atom. The van der Waals surface area contributed by atoms with Crippen molar-refractivity contribution in [2.75, 3.05) is 13.1 Å². The second-order valence-electron chi connectivity index (χ2n) is 4.11. The van der Waals surface area contributed by atoms with Crippen molar-refractivity contribution in [2.45, 2.75) is 26.7 Å². The maximum atomic E-state index is 11.3. The van der Waals surface area contributed by atoms with Gasteiger partial charge in [0.25, 0.3) is 0 Å². The molecule has 0 heterocycles. The first kappa shape index (κ1) is 13.9. The van der Waals surface area contributed by atoms with E-state index in [1.807, 2.05) is 0 Å². The molecule has 0 aliphatic heterocycles. The van der Waals surface area contributed by atoms with Crippen LogP contribution in [0.25, 0.3) is 0 Å². The van der Waals surface area contributed by atoms with Gasteiger partial charge in [-0.25, -0.2) is 0 Å². The van der Waals surface area contributed by atoms with E-state index in [2.05, 4.69) is 19.2 Å². The van der Waals surface area contributed by atoms with Crippen LogP contribution in [-0.2, 0) is 9.59 Å². The lowest BCUT2D eigenvalue weighted by Crippen LogP contribution is -2.32. The first-order valence-corrected chi connectivity index (χ1v) is 5.14. The van der Waals surface area contributed by atoms with Gasteiger partial charge in [-0.15, -0.1) is 0 Å². The van der Waals surface area contributed by atoms with Crippen LogP contribution >= 0.6 is 0 Å². The van der Waals surface area contributed by atoms with Gasteiger partial charge in [0.1, 0.15) is 6.54 Å². The molecule has 0 aromatic carbocycles. The molecule has 0 saturated carbocycles. The Morgan fingerprint density at radius 2 is 2.00 bits per heavy atom. The third-order valence-electron chi connectivity index (χ3n) is 2.05. The summed E-state index contributed by atoms with van der Waals surface area (Å²) in [7, 11) is 0. The first-order chi connectivity index (χ1) is 6.95. The molecule has 0 bridgehead atoms. The Morgan fingerprint density at radius 1 is 1.40 bits per heavy atom. The minimum absolute atomic E-state index is 0.138. The Kier molecular flexibility index (Phi) is 6.70. The topological polar surface area (TPSA) is 92.4 Å². The van der Waals surface area contributed by atoms with Crippen molar-refractivity contribution in [3.8, 4) is 0 Å². The van der Waals surface area contributed by atoms with Gasteiger partial charge in [0.05, 0.1) is 0 Å². The number of hydrogen-bond acceptors (Lipinski definition) is 3. The molecule has 5 heteroatoms. The molecule has 1 unspecified atom stereocenters. The van der Waals surface area contributed by atoms with E-state index in [1.165, 1.54) is 0 Å². The lowest BCUT2D eigenvalue weighted by atomic mass is 9.94. The molecule has 0 aliphatic rings. The van der Waals surface area contributed by atoms with Gasteiger partial charge in [-0.05, 0) is 24.8 Å². The van der Waals surface area contributed by atoms with Gasteiger partial charge < -0.3 is 16.2 Å². The molecule has 88 valence electrons. The smallest absolute Gasteiger partial charge is 0.322 e. The molecule has 0 rings (SSSR count). The number of hydrogen-bond donors (Lipinski definition) is 3. The number of carboxylic acid groups (broad SMARTS) is 1. The Labute approximate surface area is 90.0 Å². The molecule has 1 amide bonds. The van der Waals surface area contributed by atoms with Crippen molar-refractivity contribution in [2.24, 2.45) is 17.6 Å². The van der Waals surface area contributed by atoms with Crippen molar-refractivity contribution >= 4 is 11.9 Å². The molecule has 15 heavy (non-hydrogen) atoms. The molecule has 0 aliphatic carbocycles. The van der Waals surface area contributed by atoms with E-state index >= 15 is 0 Å². The average Bonchev–Trinajstić information content (AvgIpc) is 2.13. The monoisotopic (exact) mass is 216 g/mol. The summed E-state index contributed by atoms with van der Waals surface area (Å²) in [5.74, 6) is -0.644. The number of carboxylic acids is 1. The fraction of sp³-hybridized carbons (Fsp3) is 0.800. The Balaban J connectivity index is 3.85. The number of amides is 1. The van der Waals surface area contributed by atoms with E-state index in [4.69, 9.17) is 10.8 Å². The van der Waals surface area contributed by atoms with E-state index in [0.717, 1.165) is 6.42 Å². The van der Waals surface area contributed by atoms with Gasteiger partial charge in [-0.1, -0.05) is 13.8 Å². The fourth-order valence-electron chi connectivity index (χ4n) is 1.44. The van der Waals surface area contributed by atoms with Crippen LogP contribution in [0.15, 0.2) is 0 Å². The summed E-state index contributed by atoms with van der Waals surface area (Å²) in [5, 5.41) is 10.7. The predicted molar refractivity (Wildman–Crippen MR) is 57.3 cm³/mol. The third-order valence-corrected chi connectivity index (χ3v) is 2.05. The third kappa shape index (κ3) is 7.93. The van der Waals surface area contributed by atoms with Gasteiger partial charge in [-0.3, -0.25) is 9.59 Å². The zero-order chi connectivity index (χ0) is 11.8. The summed E-state index contributed by atoms with van der Waals surface area (Å²) in [5.41, 5.74) is 5.53. The molecule has 4 N–H and O–H groups in total. The van der Waals surface area contributed by atoms with Crippen LogP contribution in [0.3, 0.4) is 0 Å². The van der Waals surface area contributed by atoms with E-state index in [1.54, 1.807) is 0 Å². The average molecular weight is 216 g/mol. The zero-order valence-electron chi connectivity index (χ0n) is 9.32. The SMILES string of the molecule is CC(C)CC(CN)CC(=O)NCC(=O)O. The molecule has 0 aromatic rings. The fourth-order valence-corrected chi connectivity index (χ4v) is 1.44. The second kappa shape index (κ2) is 7.23. The lowest BCUT2D eigenvalue weighted by molar-refractivity contribution is -0.138. The van der Waals surface area contributed by atoms with Crippen LogP contribution in [0.5, 0.6) is 0 Å². The van der Waals surface area contributed by atoms with Gasteiger partial charge >= 0.3 is 5.97 Å². The maximum Gasteiger partial charge on any atom is 0.322 e. The number of nitrogens with one attached hydrogen (secondary N) is 1. The van der Waals surface area contributed by atoms with E-state index in [-0.39, 0.29) is 18.4 Å². The molecule has 5 nitrogen and oxygen atoms in total. The normalized spacial score (nSPS) is 12.5. The number of aliphatic carboxylic acids is 1. The molecule has 0 aromatic heterocycles. The second-order valence-corrected chi connectivity index (χ2v) is 4.11. The summed E-state index contributed by atoms with van der Waals surface area (Å²) >= 11 is 0. The van der Waals surface area contributed by atoms with Crippen molar-refractivity contribution in [3.63, 3.8) is 0 Å². The van der Waals surface area contributed by atoms with Gasteiger partial charge in [0, 0.05) is 6.42 Å². The Hall–Kier alpha value is -1.10. The highest BCUT2D eigenvalue weighted by Gasteiger charge is 2.14. The Bertz CT molecular complexity index is 217. The van der Waals surface area contributed by atoms with Crippen LogP contribution in [0.2, 0.25) is 0 Å². The summed E-state index contributed by atoms with van der Waals surface area (Å²) in [6, 6.07) is 0. The molecular weight excluding hydrogens is 196 g/mol. The number of rotatable bonds is 7. The minimum atomic E-state index is -1.03. The number of nitrogens with two attached hydrogens (primary N) is 1. The van der Waals surface area contributed by atoms with Gasteiger partial charge in [0.15, 0.2) is 0 Å². The number of carbonyl (C=O) groups excluding carboxylic acids is 1. The summed E-state index contributed by atoms with van der Waals surface area (Å²) in [4.78, 5) is 21.5. The molecule has 0 saturated heterocycles. The van der Waals surface area contributed by atoms with Crippen molar-refractivity contribution in [1.82, 2.24) is 5.32 Å². The first-order valence-electron chi connectivity index (χ1n) is 5.14. The summed E-state index contributed by atoms with van der Waals surface area (Å²) in [6.07, 6.45) is 1.19. The standard InChI is InChI=1S/C10H20N2O3/c1-7(2)3-8(5-11)4-9(13)12-6-10(14)15/h7-8H,3-6,11H2,1-2H3,(H,12,13)(H,14,15). The quantitative estimate of drug-likeness (QED) is 0.566. The molecular formula is C10H20N2O3. The largest absolute Gasteiger partial charge is 0.480 e. The molecule has 1 atom stereocenters. The minimum Gasteiger partial charge on any atom is -0.480 e.